The second kappa shape index (κ2) is 6.02. The summed E-state index contributed by atoms with van der Waals surface area (Å²) in [5.74, 6) is -0.0668. The topological polar surface area (TPSA) is 64.2 Å². The number of aromatic nitrogens is 2. The van der Waals surface area contributed by atoms with E-state index in [1.165, 1.54) is 13.1 Å². The van der Waals surface area contributed by atoms with E-state index in [2.05, 4.69) is 17.4 Å². The number of rotatable bonds is 1. The average Bonchev–Trinajstić information content (AvgIpc) is 2.78. The van der Waals surface area contributed by atoms with Gasteiger partial charge in [-0.1, -0.05) is 18.2 Å². The summed E-state index contributed by atoms with van der Waals surface area (Å²) in [5.41, 5.74) is 5.40. The summed E-state index contributed by atoms with van der Waals surface area (Å²) in [7, 11) is 1.50. The largest absolute Gasteiger partial charge is 0.333 e. The summed E-state index contributed by atoms with van der Waals surface area (Å²) >= 11 is 6.08. The van der Waals surface area contributed by atoms with Crippen molar-refractivity contribution in [3.8, 4) is 0 Å². The van der Waals surface area contributed by atoms with Crippen LogP contribution < -0.4 is 5.73 Å². The number of hydrogen-bond donors (Lipinski definition) is 1. The van der Waals surface area contributed by atoms with Gasteiger partial charge in [0.05, 0.1) is 29.0 Å². The zero-order chi connectivity index (χ0) is 13.9. The monoisotopic (exact) mass is 270 g/mol. The highest BCUT2D eigenvalue weighted by Crippen LogP contribution is 2.34. The van der Waals surface area contributed by atoms with Crippen LogP contribution in [0.15, 0.2) is 18.9 Å². The fourth-order valence-corrected chi connectivity index (χ4v) is 2.45. The Kier molecular flexibility index (Phi) is 4.93. The Morgan fingerprint density at radius 2 is 2.22 bits per heavy atom. The zero-order valence-electron chi connectivity index (χ0n) is 10.9. The van der Waals surface area contributed by atoms with E-state index in [9.17, 15) is 4.79 Å². The molecule has 0 spiro atoms. The summed E-state index contributed by atoms with van der Waals surface area (Å²) in [6, 6.07) is 0.0827. The number of nitrogens with zero attached hydrogens (tertiary/aromatic N) is 3. The van der Waals surface area contributed by atoms with Crippen LogP contribution in [0.25, 0.3) is 0 Å². The number of hydrogen-bond acceptors (Lipinski definition) is 3. The third kappa shape index (κ3) is 2.42. The zero-order valence-corrected chi connectivity index (χ0v) is 11.7. The Bertz CT molecular complexity index is 443. The van der Waals surface area contributed by atoms with Gasteiger partial charge in [0.2, 0.25) is 5.91 Å². The molecule has 6 heteroatoms. The van der Waals surface area contributed by atoms with Gasteiger partial charge in [0.25, 0.3) is 0 Å². The van der Waals surface area contributed by atoms with Crippen molar-refractivity contribution < 1.29 is 4.79 Å². The van der Waals surface area contributed by atoms with Crippen molar-refractivity contribution in [1.82, 2.24) is 14.7 Å². The molecule has 0 radical (unpaired) electrons. The molecule has 1 aromatic rings. The lowest BCUT2D eigenvalue weighted by atomic mass is 10.1. The lowest BCUT2D eigenvalue weighted by molar-refractivity contribution is -0.129. The average molecular weight is 271 g/mol. The fourth-order valence-electron chi connectivity index (χ4n) is 2.16. The van der Waals surface area contributed by atoms with Crippen molar-refractivity contribution in [2.24, 2.45) is 5.73 Å². The third-order valence-corrected chi connectivity index (χ3v) is 3.28. The van der Waals surface area contributed by atoms with E-state index >= 15 is 0 Å². The van der Waals surface area contributed by atoms with Gasteiger partial charge in [-0.05, 0) is 27.0 Å². The molecule has 18 heavy (non-hydrogen) atoms. The van der Waals surface area contributed by atoms with Crippen LogP contribution in [0.2, 0.25) is 5.02 Å². The first kappa shape index (κ1) is 14.7. The standard InChI is InChI=1S/C11H14ClN3O.CH5N/c1-4-10(16)14-6-7(2)15-11(8(14)3)9(12)5-13-15;1-2/h4-5,7-8H,1,6H2,2-3H3;2H2,1H3. The van der Waals surface area contributed by atoms with Crippen molar-refractivity contribution >= 4 is 17.5 Å². The van der Waals surface area contributed by atoms with Gasteiger partial charge in [-0.15, -0.1) is 0 Å². The summed E-state index contributed by atoms with van der Waals surface area (Å²) in [6.45, 7) is 8.12. The minimum absolute atomic E-state index is 0.0586. The van der Waals surface area contributed by atoms with Crippen LogP contribution in [0.1, 0.15) is 31.6 Å². The van der Waals surface area contributed by atoms with Crippen LogP contribution in [0.3, 0.4) is 0 Å². The van der Waals surface area contributed by atoms with E-state index < -0.39 is 0 Å². The van der Waals surface area contributed by atoms with Gasteiger partial charge in [-0.3, -0.25) is 9.48 Å². The van der Waals surface area contributed by atoms with Gasteiger partial charge in [0, 0.05) is 6.54 Å². The Labute approximate surface area is 112 Å². The smallest absolute Gasteiger partial charge is 0.246 e. The van der Waals surface area contributed by atoms with Crippen LogP contribution in [0.4, 0.5) is 0 Å². The van der Waals surface area contributed by atoms with Gasteiger partial charge >= 0.3 is 0 Å². The molecule has 0 aliphatic carbocycles. The Hall–Kier alpha value is -1.33. The molecule has 5 nitrogen and oxygen atoms in total. The Morgan fingerprint density at radius 3 is 2.78 bits per heavy atom. The van der Waals surface area contributed by atoms with Gasteiger partial charge < -0.3 is 10.6 Å². The minimum Gasteiger partial charge on any atom is -0.333 e. The van der Waals surface area contributed by atoms with Gasteiger partial charge in [0.1, 0.15) is 0 Å². The second-order valence-corrected chi connectivity index (χ2v) is 4.45. The lowest BCUT2D eigenvalue weighted by Gasteiger charge is -2.37. The van der Waals surface area contributed by atoms with E-state index in [0.29, 0.717) is 11.6 Å². The predicted octanol–water partition coefficient (Wildman–Crippen LogP) is 1.76. The van der Waals surface area contributed by atoms with Gasteiger partial charge in [-0.2, -0.15) is 5.10 Å². The second-order valence-electron chi connectivity index (χ2n) is 4.04. The summed E-state index contributed by atoms with van der Waals surface area (Å²) < 4.78 is 1.89. The molecule has 0 saturated carbocycles. The number of carbonyl (C=O) groups is 1. The number of nitrogens with two attached hydrogens (primary N) is 1. The molecule has 2 atom stereocenters. The Morgan fingerprint density at radius 1 is 1.61 bits per heavy atom. The molecule has 0 fully saturated rings. The lowest BCUT2D eigenvalue weighted by Crippen LogP contribution is -2.42. The maximum atomic E-state index is 11.7. The van der Waals surface area contributed by atoms with E-state index in [1.54, 1.807) is 11.1 Å². The molecule has 1 aliphatic rings. The highest BCUT2D eigenvalue weighted by atomic mass is 35.5. The molecule has 2 N–H and O–H groups in total. The van der Waals surface area contributed by atoms with E-state index in [1.807, 2.05) is 18.5 Å². The normalized spacial score (nSPS) is 21.7. The number of halogens is 1. The highest BCUT2D eigenvalue weighted by molar-refractivity contribution is 6.31. The van der Waals surface area contributed by atoms with Crippen LogP contribution >= 0.6 is 11.6 Å². The molecule has 100 valence electrons. The van der Waals surface area contributed by atoms with Gasteiger partial charge in [0.15, 0.2) is 0 Å². The molecular weight excluding hydrogens is 252 g/mol. The van der Waals surface area contributed by atoms with E-state index in [4.69, 9.17) is 11.6 Å². The highest BCUT2D eigenvalue weighted by Gasteiger charge is 2.32. The molecule has 1 amide bonds. The summed E-state index contributed by atoms with van der Waals surface area (Å²) in [6.07, 6.45) is 2.97. The van der Waals surface area contributed by atoms with Crippen LogP contribution in [-0.4, -0.2) is 34.2 Å². The number of carbonyl (C=O) groups excluding carboxylic acids is 1. The molecule has 2 heterocycles. The molecule has 2 unspecified atom stereocenters. The maximum absolute atomic E-state index is 11.7. The van der Waals surface area contributed by atoms with Crippen molar-refractivity contribution in [2.45, 2.75) is 25.9 Å². The number of fused-ring (bicyclic) bond motifs is 1. The molecule has 0 bridgehead atoms. The molecular formula is C12H19ClN4O. The van der Waals surface area contributed by atoms with Crippen molar-refractivity contribution in [1.29, 1.82) is 0 Å². The van der Waals surface area contributed by atoms with Crippen molar-refractivity contribution in [3.05, 3.63) is 29.6 Å². The van der Waals surface area contributed by atoms with E-state index in [0.717, 1.165) is 5.69 Å². The van der Waals surface area contributed by atoms with Crippen molar-refractivity contribution in [3.63, 3.8) is 0 Å². The predicted molar refractivity (Wildman–Crippen MR) is 72.4 cm³/mol. The van der Waals surface area contributed by atoms with Crippen molar-refractivity contribution in [2.75, 3.05) is 13.6 Å². The number of amides is 1. The summed E-state index contributed by atoms with van der Waals surface area (Å²) in [5, 5.41) is 4.84. The molecule has 2 rings (SSSR count). The van der Waals surface area contributed by atoms with Crippen LogP contribution in [-0.2, 0) is 4.79 Å². The summed E-state index contributed by atoms with van der Waals surface area (Å²) in [4.78, 5) is 13.5. The molecule has 0 saturated heterocycles. The molecule has 1 aliphatic heterocycles. The maximum Gasteiger partial charge on any atom is 0.246 e. The first-order chi connectivity index (χ1) is 8.56. The van der Waals surface area contributed by atoms with Gasteiger partial charge in [-0.25, -0.2) is 0 Å². The quantitative estimate of drug-likeness (QED) is 0.791. The van der Waals surface area contributed by atoms with Crippen LogP contribution in [0, 0.1) is 0 Å². The molecule has 1 aromatic heterocycles. The van der Waals surface area contributed by atoms with Crippen LogP contribution in [0.5, 0.6) is 0 Å². The molecule has 0 aromatic carbocycles. The fraction of sp³-hybridized carbons (Fsp3) is 0.500. The first-order valence-electron chi connectivity index (χ1n) is 5.80. The Balaban J connectivity index is 0.000000771. The third-order valence-electron chi connectivity index (χ3n) is 2.99. The SMILES string of the molecule is C=CC(=O)N1CC(C)n2ncc(Cl)c2C1C.CN. The van der Waals surface area contributed by atoms with E-state index in [-0.39, 0.29) is 18.0 Å². The minimum atomic E-state index is -0.0668. The first-order valence-corrected chi connectivity index (χ1v) is 6.17.